The number of ether oxygens (including phenoxy) is 1. The molecule has 1 unspecified atom stereocenters. The minimum atomic E-state index is -0.148. The Morgan fingerprint density at radius 2 is 2.17 bits per heavy atom. The third-order valence-corrected chi connectivity index (χ3v) is 3.59. The molecule has 96 valence electrons. The Balaban J connectivity index is 2.47. The third-order valence-electron chi connectivity index (χ3n) is 2.80. The first kappa shape index (κ1) is 13.0. The molecule has 0 saturated heterocycles. The molecule has 0 saturated carbocycles. The van der Waals surface area contributed by atoms with E-state index in [0.29, 0.717) is 0 Å². The molecule has 1 aromatic carbocycles. The van der Waals surface area contributed by atoms with E-state index < -0.39 is 0 Å². The molecule has 0 aliphatic carbocycles. The van der Waals surface area contributed by atoms with Crippen LogP contribution < -0.4 is 16.0 Å². The first-order chi connectivity index (χ1) is 8.65. The van der Waals surface area contributed by atoms with Crippen molar-refractivity contribution >= 4 is 11.3 Å². The van der Waals surface area contributed by atoms with Crippen LogP contribution in [0.4, 0.5) is 0 Å². The molecule has 0 fully saturated rings. The van der Waals surface area contributed by atoms with Crippen LogP contribution in [0.25, 0.3) is 0 Å². The van der Waals surface area contributed by atoms with Crippen molar-refractivity contribution in [2.75, 3.05) is 7.11 Å². The largest absolute Gasteiger partial charge is 0.496 e. The van der Waals surface area contributed by atoms with E-state index in [2.05, 4.69) is 16.5 Å². The number of nitrogens with two attached hydrogens (primary N) is 1. The van der Waals surface area contributed by atoms with Crippen molar-refractivity contribution in [1.82, 2.24) is 10.4 Å². The summed E-state index contributed by atoms with van der Waals surface area (Å²) in [6.45, 7) is 4.03. The second-order valence-corrected chi connectivity index (χ2v) is 5.20. The van der Waals surface area contributed by atoms with E-state index >= 15 is 0 Å². The molecule has 0 radical (unpaired) electrons. The number of hydrazine groups is 1. The highest BCUT2D eigenvalue weighted by Gasteiger charge is 2.19. The van der Waals surface area contributed by atoms with Gasteiger partial charge in [0.15, 0.2) is 0 Å². The molecular weight excluding hydrogens is 246 g/mol. The van der Waals surface area contributed by atoms with Crippen LogP contribution in [0.3, 0.4) is 0 Å². The summed E-state index contributed by atoms with van der Waals surface area (Å²) in [5.74, 6) is 6.49. The van der Waals surface area contributed by atoms with E-state index in [0.717, 1.165) is 27.6 Å². The summed E-state index contributed by atoms with van der Waals surface area (Å²) < 4.78 is 5.39. The van der Waals surface area contributed by atoms with Gasteiger partial charge in [-0.3, -0.25) is 5.84 Å². The van der Waals surface area contributed by atoms with E-state index in [9.17, 15) is 0 Å². The molecule has 0 amide bonds. The summed E-state index contributed by atoms with van der Waals surface area (Å²) >= 11 is 1.61. The van der Waals surface area contributed by atoms with Gasteiger partial charge in [0.2, 0.25) is 0 Å². The van der Waals surface area contributed by atoms with Crippen LogP contribution in [0.1, 0.15) is 27.9 Å². The molecule has 2 aromatic rings. The normalized spacial score (nSPS) is 12.4. The molecule has 1 heterocycles. The molecule has 0 spiro atoms. The van der Waals surface area contributed by atoms with Gasteiger partial charge in [0.05, 0.1) is 23.9 Å². The lowest BCUT2D eigenvalue weighted by Crippen LogP contribution is -2.29. The number of benzene rings is 1. The fourth-order valence-corrected chi connectivity index (χ4v) is 2.56. The number of nitrogens with one attached hydrogen (secondary N) is 1. The lowest BCUT2D eigenvalue weighted by molar-refractivity contribution is 0.403. The topological polar surface area (TPSA) is 60.2 Å². The Hall–Kier alpha value is -1.43. The van der Waals surface area contributed by atoms with Gasteiger partial charge in [0.1, 0.15) is 5.75 Å². The van der Waals surface area contributed by atoms with Gasteiger partial charge in [-0.1, -0.05) is 17.7 Å². The average Bonchev–Trinajstić information content (AvgIpc) is 2.77. The second kappa shape index (κ2) is 5.48. The highest BCUT2D eigenvalue weighted by atomic mass is 32.1. The highest BCUT2D eigenvalue weighted by Crippen LogP contribution is 2.30. The number of thiazole rings is 1. The summed E-state index contributed by atoms with van der Waals surface area (Å²) in [6, 6.07) is 5.89. The standard InChI is InChI=1S/C13H17N3OS/c1-8-4-5-12(17-3)10(6-8)13(16-14)11-7-18-9(2)15-11/h4-7,13,16H,14H2,1-3H3. The molecule has 18 heavy (non-hydrogen) atoms. The molecule has 5 heteroatoms. The molecule has 2 rings (SSSR count). The van der Waals surface area contributed by atoms with Crippen molar-refractivity contribution in [3.63, 3.8) is 0 Å². The Bertz CT molecular complexity index is 539. The van der Waals surface area contributed by atoms with Gasteiger partial charge >= 0.3 is 0 Å². The summed E-state index contributed by atoms with van der Waals surface area (Å²) in [7, 11) is 1.66. The number of hydrogen-bond donors (Lipinski definition) is 2. The quantitative estimate of drug-likeness (QED) is 0.656. The number of aryl methyl sites for hydroxylation is 2. The molecule has 4 nitrogen and oxygen atoms in total. The maximum absolute atomic E-state index is 5.68. The zero-order valence-electron chi connectivity index (χ0n) is 10.7. The SMILES string of the molecule is COc1ccc(C)cc1C(NN)c1csc(C)n1. The fourth-order valence-electron chi connectivity index (χ4n) is 1.93. The molecule has 1 aromatic heterocycles. The summed E-state index contributed by atoms with van der Waals surface area (Å²) in [5.41, 5.74) is 5.90. The first-order valence-corrected chi connectivity index (χ1v) is 6.56. The monoisotopic (exact) mass is 263 g/mol. The van der Waals surface area contributed by atoms with E-state index in [1.807, 2.05) is 31.4 Å². The van der Waals surface area contributed by atoms with Crippen LogP contribution in [0.15, 0.2) is 23.6 Å². The van der Waals surface area contributed by atoms with Crippen LogP contribution in [-0.4, -0.2) is 12.1 Å². The molecule has 0 bridgehead atoms. The van der Waals surface area contributed by atoms with Crippen LogP contribution in [-0.2, 0) is 0 Å². The number of methoxy groups -OCH3 is 1. The Morgan fingerprint density at radius 3 is 2.72 bits per heavy atom. The van der Waals surface area contributed by atoms with Crippen LogP contribution in [0.2, 0.25) is 0 Å². The summed E-state index contributed by atoms with van der Waals surface area (Å²) in [5, 5.41) is 3.04. The molecule has 0 aliphatic rings. The van der Waals surface area contributed by atoms with Crippen molar-refractivity contribution in [2.45, 2.75) is 19.9 Å². The van der Waals surface area contributed by atoms with Gasteiger partial charge in [0, 0.05) is 10.9 Å². The van der Waals surface area contributed by atoms with Crippen molar-refractivity contribution in [3.05, 3.63) is 45.4 Å². The zero-order valence-corrected chi connectivity index (χ0v) is 11.5. The van der Waals surface area contributed by atoms with Gasteiger partial charge in [-0.25, -0.2) is 10.4 Å². The van der Waals surface area contributed by atoms with Crippen molar-refractivity contribution in [2.24, 2.45) is 5.84 Å². The van der Waals surface area contributed by atoms with Crippen molar-refractivity contribution < 1.29 is 4.74 Å². The Morgan fingerprint density at radius 1 is 1.39 bits per heavy atom. The lowest BCUT2D eigenvalue weighted by atomic mass is 10.0. The highest BCUT2D eigenvalue weighted by molar-refractivity contribution is 7.09. The van der Waals surface area contributed by atoms with Gasteiger partial charge in [-0.05, 0) is 19.9 Å². The van der Waals surface area contributed by atoms with E-state index in [1.54, 1.807) is 18.4 Å². The molecule has 0 aliphatic heterocycles. The lowest BCUT2D eigenvalue weighted by Gasteiger charge is -2.18. The number of nitrogens with zero attached hydrogens (tertiary/aromatic N) is 1. The van der Waals surface area contributed by atoms with Crippen LogP contribution in [0.5, 0.6) is 5.75 Å². The van der Waals surface area contributed by atoms with Gasteiger partial charge < -0.3 is 4.74 Å². The maximum Gasteiger partial charge on any atom is 0.124 e. The van der Waals surface area contributed by atoms with E-state index in [4.69, 9.17) is 10.6 Å². The average molecular weight is 263 g/mol. The fraction of sp³-hybridized carbons (Fsp3) is 0.308. The molecule has 3 N–H and O–H groups in total. The Labute approximate surface area is 111 Å². The number of rotatable bonds is 4. The summed E-state index contributed by atoms with van der Waals surface area (Å²) in [6.07, 6.45) is 0. The minimum Gasteiger partial charge on any atom is -0.496 e. The summed E-state index contributed by atoms with van der Waals surface area (Å²) in [4.78, 5) is 4.48. The van der Waals surface area contributed by atoms with E-state index in [1.165, 1.54) is 0 Å². The number of hydrogen-bond acceptors (Lipinski definition) is 5. The molecule has 1 atom stereocenters. The van der Waals surface area contributed by atoms with Gasteiger partial charge in [-0.2, -0.15) is 0 Å². The zero-order chi connectivity index (χ0) is 13.1. The third kappa shape index (κ3) is 2.53. The van der Waals surface area contributed by atoms with Gasteiger partial charge in [0.25, 0.3) is 0 Å². The maximum atomic E-state index is 5.68. The number of aromatic nitrogens is 1. The van der Waals surface area contributed by atoms with Gasteiger partial charge in [-0.15, -0.1) is 11.3 Å². The van der Waals surface area contributed by atoms with Crippen molar-refractivity contribution in [3.8, 4) is 5.75 Å². The van der Waals surface area contributed by atoms with Crippen molar-refractivity contribution in [1.29, 1.82) is 0 Å². The predicted octanol–water partition coefficient (Wildman–Crippen LogP) is 2.32. The predicted molar refractivity (Wildman–Crippen MR) is 73.7 cm³/mol. The Kier molecular flexibility index (Phi) is 3.96. The minimum absolute atomic E-state index is 0.148. The second-order valence-electron chi connectivity index (χ2n) is 4.14. The van der Waals surface area contributed by atoms with Crippen LogP contribution in [0, 0.1) is 13.8 Å². The van der Waals surface area contributed by atoms with E-state index in [-0.39, 0.29) is 6.04 Å². The van der Waals surface area contributed by atoms with Crippen LogP contribution >= 0.6 is 11.3 Å². The first-order valence-electron chi connectivity index (χ1n) is 5.68. The smallest absolute Gasteiger partial charge is 0.124 e. The molecular formula is C13H17N3OS.